The second-order valence-corrected chi connectivity index (χ2v) is 5.44. The van der Waals surface area contributed by atoms with Crippen LogP contribution in [0.25, 0.3) is 0 Å². The Kier molecular flexibility index (Phi) is 6.82. The molecule has 0 aliphatic rings. The van der Waals surface area contributed by atoms with Gasteiger partial charge in [0.25, 0.3) is 0 Å². The number of benzene rings is 1. The van der Waals surface area contributed by atoms with E-state index in [4.69, 9.17) is 0 Å². The summed E-state index contributed by atoms with van der Waals surface area (Å²) in [6.45, 7) is 4.87. The van der Waals surface area contributed by atoms with E-state index in [2.05, 4.69) is 39.8 Å². The van der Waals surface area contributed by atoms with Gasteiger partial charge >= 0.3 is 6.36 Å². The predicted octanol–water partition coefficient (Wildman–Crippen LogP) is 5.02. The van der Waals surface area contributed by atoms with Crippen molar-refractivity contribution in [3.05, 3.63) is 28.2 Å². The molecule has 1 N–H and O–H groups in total. The molecule has 0 amide bonds. The Morgan fingerprint density at radius 3 is 2.50 bits per heavy atom. The second kappa shape index (κ2) is 7.88. The first-order valence-electron chi connectivity index (χ1n) is 6.63. The summed E-state index contributed by atoms with van der Waals surface area (Å²) >= 11 is 3.10. The van der Waals surface area contributed by atoms with Gasteiger partial charge in [-0.1, -0.05) is 26.3 Å². The molecule has 0 saturated carbocycles. The maximum absolute atomic E-state index is 12.2. The van der Waals surface area contributed by atoms with E-state index in [9.17, 15) is 13.2 Å². The van der Waals surface area contributed by atoms with Gasteiger partial charge < -0.3 is 10.1 Å². The van der Waals surface area contributed by atoms with Crippen LogP contribution in [-0.2, 0) is 6.54 Å². The fourth-order valence-corrected chi connectivity index (χ4v) is 2.43. The number of hydrogen-bond acceptors (Lipinski definition) is 2. The lowest BCUT2D eigenvalue weighted by molar-refractivity contribution is -0.274. The monoisotopic (exact) mass is 353 g/mol. The van der Waals surface area contributed by atoms with Crippen LogP contribution < -0.4 is 10.1 Å². The van der Waals surface area contributed by atoms with Crippen LogP contribution in [0.1, 0.15) is 38.7 Å². The van der Waals surface area contributed by atoms with Gasteiger partial charge in [0.2, 0.25) is 0 Å². The SMILES string of the molecule is CCCC(CC)NCc1ccc(OC(F)(F)F)c(Br)c1. The summed E-state index contributed by atoms with van der Waals surface area (Å²) in [5.74, 6) is -0.221. The maximum atomic E-state index is 12.2. The smallest absolute Gasteiger partial charge is 0.405 e. The molecule has 6 heteroatoms. The van der Waals surface area contributed by atoms with E-state index in [0.717, 1.165) is 24.8 Å². The van der Waals surface area contributed by atoms with Crippen molar-refractivity contribution in [3.8, 4) is 5.75 Å². The Morgan fingerprint density at radius 2 is 2.00 bits per heavy atom. The fourth-order valence-electron chi connectivity index (χ4n) is 1.92. The summed E-state index contributed by atoms with van der Waals surface area (Å²) in [6, 6.07) is 5.05. The first-order chi connectivity index (χ1) is 9.35. The van der Waals surface area contributed by atoms with Gasteiger partial charge in [0.05, 0.1) is 4.47 Å². The molecule has 0 bridgehead atoms. The first-order valence-corrected chi connectivity index (χ1v) is 7.42. The second-order valence-electron chi connectivity index (χ2n) is 4.59. The van der Waals surface area contributed by atoms with Crippen LogP contribution in [0.15, 0.2) is 22.7 Å². The van der Waals surface area contributed by atoms with E-state index in [1.54, 1.807) is 12.1 Å². The Bertz CT molecular complexity index is 423. The van der Waals surface area contributed by atoms with E-state index in [-0.39, 0.29) is 5.75 Å². The molecule has 1 atom stereocenters. The average Bonchev–Trinajstić information content (AvgIpc) is 2.36. The maximum Gasteiger partial charge on any atom is 0.573 e. The normalized spacial score (nSPS) is 13.3. The molecular weight excluding hydrogens is 335 g/mol. The van der Waals surface area contributed by atoms with Gasteiger partial charge in [0.15, 0.2) is 0 Å². The summed E-state index contributed by atoms with van der Waals surface area (Å²) in [5.41, 5.74) is 0.918. The van der Waals surface area contributed by atoms with Crippen LogP contribution in [0.3, 0.4) is 0 Å². The lowest BCUT2D eigenvalue weighted by Gasteiger charge is -2.17. The summed E-state index contributed by atoms with van der Waals surface area (Å²) in [4.78, 5) is 0. The van der Waals surface area contributed by atoms with Crippen molar-refractivity contribution >= 4 is 15.9 Å². The zero-order valence-corrected chi connectivity index (χ0v) is 13.1. The third kappa shape index (κ3) is 6.13. The van der Waals surface area contributed by atoms with Gasteiger partial charge in [-0.3, -0.25) is 0 Å². The Hall–Kier alpha value is -0.750. The van der Waals surface area contributed by atoms with Gasteiger partial charge in [-0.15, -0.1) is 13.2 Å². The summed E-state index contributed by atoms with van der Waals surface area (Å²) in [7, 11) is 0. The lowest BCUT2D eigenvalue weighted by Crippen LogP contribution is -2.27. The van der Waals surface area contributed by atoms with Gasteiger partial charge in [-0.05, 0) is 46.5 Å². The summed E-state index contributed by atoms with van der Waals surface area (Å²) in [5, 5.41) is 3.40. The minimum Gasteiger partial charge on any atom is -0.405 e. The van der Waals surface area contributed by atoms with Crippen molar-refractivity contribution in [2.45, 2.75) is 52.1 Å². The molecular formula is C14H19BrF3NO. The van der Waals surface area contributed by atoms with E-state index < -0.39 is 6.36 Å². The summed E-state index contributed by atoms with van der Waals surface area (Å²) in [6.07, 6.45) is -1.44. The molecule has 1 aromatic carbocycles. The molecule has 1 unspecified atom stereocenters. The van der Waals surface area contributed by atoms with Crippen LogP contribution in [-0.4, -0.2) is 12.4 Å². The highest BCUT2D eigenvalue weighted by Crippen LogP contribution is 2.31. The van der Waals surface area contributed by atoms with E-state index in [0.29, 0.717) is 17.1 Å². The van der Waals surface area contributed by atoms with Crippen LogP contribution >= 0.6 is 15.9 Å². The number of hydrogen-bond donors (Lipinski definition) is 1. The van der Waals surface area contributed by atoms with Crippen molar-refractivity contribution in [1.29, 1.82) is 0 Å². The van der Waals surface area contributed by atoms with Gasteiger partial charge in [0, 0.05) is 12.6 Å². The highest BCUT2D eigenvalue weighted by atomic mass is 79.9. The molecule has 114 valence electrons. The van der Waals surface area contributed by atoms with Gasteiger partial charge in [0.1, 0.15) is 5.75 Å². The molecule has 1 rings (SSSR count). The molecule has 0 saturated heterocycles. The van der Waals surface area contributed by atoms with Crippen LogP contribution in [0, 0.1) is 0 Å². The molecule has 20 heavy (non-hydrogen) atoms. The number of nitrogens with one attached hydrogen (secondary N) is 1. The van der Waals surface area contributed by atoms with Crippen molar-refractivity contribution in [1.82, 2.24) is 5.32 Å². The number of alkyl halides is 3. The largest absolute Gasteiger partial charge is 0.573 e. The Morgan fingerprint density at radius 1 is 1.30 bits per heavy atom. The minimum atomic E-state index is -4.67. The number of ether oxygens (including phenoxy) is 1. The quantitative estimate of drug-likeness (QED) is 0.743. The van der Waals surface area contributed by atoms with E-state index >= 15 is 0 Å². The molecule has 0 aliphatic heterocycles. The third-order valence-corrected chi connectivity index (χ3v) is 3.57. The van der Waals surface area contributed by atoms with Crippen molar-refractivity contribution in [2.75, 3.05) is 0 Å². The average molecular weight is 354 g/mol. The molecule has 0 radical (unpaired) electrons. The van der Waals surface area contributed by atoms with E-state index in [1.165, 1.54) is 6.07 Å². The van der Waals surface area contributed by atoms with Crippen molar-refractivity contribution < 1.29 is 17.9 Å². The molecule has 0 aliphatic carbocycles. The summed E-state index contributed by atoms with van der Waals surface area (Å²) < 4.78 is 40.7. The van der Waals surface area contributed by atoms with Gasteiger partial charge in [-0.2, -0.15) is 0 Å². The van der Waals surface area contributed by atoms with Crippen LogP contribution in [0.5, 0.6) is 5.75 Å². The zero-order chi connectivity index (χ0) is 15.2. The standard InChI is InChI=1S/C14H19BrF3NO/c1-3-5-11(4-2)19-9-10-6-7-13(12(15)8-10)20-14(16,17)18/h6-8,11,19H,3-5,9H2,1-2H3. The van der Waals surface area contributed by atoms with Crippen molar-refractivity contribution in [3.63, 3.8) is 0 Å². The van der Waals surface area contributed by atoms with Crippen LogP contribution in [0.2, 0.25) is 0 Å². The highest BCUT2D eigenvalue weighted by Gasteiger charge is 2.31. The fraction of sp³-hybridized carbons (Fsp3) is 0.571. The predicted molar refractivity (Wildman–Crippen MR) is 76.7 cm³/mol. The van der Waals surface area contributed by atoms with Crippen LogP contribution in [0.4, 0.5) is 13.2 Å². The Balaban J connectivity index is 2.63. The molecule has 0 spiro atoms. The topological polar surface area (TPSA) is 21.3 Å². The third-order valence-electron chi connectivity index (χ3n) is 2.95. The first kappa shape index (κ1) is 17.3. The minimum absolute atomic E-state index is 0.221. The van der Waals surface area contributed by atoms with E-state index in [1.807, 2.05) is 0 Å². The molecule has 0 fully saturated rings. The lowest BCUT2D eigenvalue weighted by atomic mass is 10.1. The zero-order valence-electron chi connectivity index (χ0n) is 11.6. The molecule has 1 aromatic rings. The highest BCUT2D eigenvalue weighted by molar-refractivity contribution is 9.10. The Labute approximate surface area is 125 Å². The number of halogens is 4. The number of rotatable bonds is 7. The van der Waals surface area contributed by atoms with Gasteiger partial charge in [-0.25, -0.2) is 0 Å². The molecule has 0 heterocycles. The molecule has 0 aromatic heterocycles. The van der Waals surface area contributed by atoms with Crippen molar-refractivity contribution in [2.24, 2.45) is 0 Å². The molecule has 2 nitrogen and oxygen atoms in total.